The third-order valence-electron chi connectivity index (χ3n) is 1.78. The largest absolute Gasteiger partial charge is 0.464 e. The van der Waals surface area contributed by atoms with Gasteiger partial charge >= 0.3 is 5.97 Å². The number of nitrogens with zero attached hydrogens (tertiary/aromatic N) is 1. The van der Waals surface area contributed by atoms with E-state index in [0.29, 0.717) is 0 Å². The van der Waals surface area contributed by atoms with E-state index in [9.17, 15) is 15.0 Å². The molecule has 2 atom stereocenters. The van der Waals surface area contributed by atoms with Gasteiger partial charge in [-0.3, -0.25) is 0 Å². The standard InChI is InChI=1S/C8H12N2O4S/c1-14-8(13)4-3-15-7(10-4)6(12)5(11)2-9/h3,5-6,11-12H,2,9H2,1H3. The fourth-order valence-electron chi connectivity index (χ4n) is 0.915. The number of aliphatic hydroxyl groups excluding tert-OH is 2. The summed E-state index contributed by atoms with van der Waals surface area (Å²) in [5, 5.41) is 20.5. The molecule has 15 heavy (non-hydrogen) atoms. The second-order valence-corrected chi connectivity index (χ2v) is 3.70. The Morgan fingerprint density at radius 2 is 2.40 bits per heavy atom. The van der Waals surface area contributed by atoms with Crippen molar-refractivity contribution in [3.8, 4) is 0 Å². The molecule has 7 heteroatoms. The minimum atomic E-state index is -1.17. The molecule has 0 aliphatic carbocycles. The van der Waals surface area contributed by atoms with Crippen molar-refractivity contribution in [2.24, 2.45) is 5.73 Å². The molecular formula is C8H12N2O4S. The minimum absolute atomic E-state index is 0.0751. The minimum Gasteiger partial charge on any atom is -0.464 e. The molecule has 0 aromatic carbocycles. The molecule has 0 aliphatic rings. The molecule has 0 fully saturated rings. The lowest BCUT2D eigenvalue weighted by Crippen LogP contribution is -2.27. The molecule has 0 bridgehead atoms. The molecule has 0 amide bonds. The second-order valence-electron chi connectivity index (χ2n) is 2.81. The van der Waals surface area contributed by atoms with E-state index in [2.05, 4.69) is 9.72 Å². The lowest BCUT2D eigenvalue weighted by molar-refractivity contribution is 0.0240. The van der Waals surface area contributed by atoms with Gasteiger partial charge in [0, 0.05) is 11.9 Å². The third-order valence-corrected chi connectivity index (χ3v) is 2.69. The number of carbonyl (C=O) groups is 1. The van der Waals surface area contributed by atoms with E-state index in [4.69, 9.17) is 5.73 Å². The number of nitrogens with two attached hydrogens (primary N) is 1. The van der Waals surface area contributed by atoms with Crippen molar-refractivity contribution < 1.29 is 19.7 Å². The summed E-state index contributed by atoms with van der Waals surface area (Å²) < 4.78 is 4.45. The van der Waals surface area contributed by atoms with Crippen LogP contribution in [0, 0.1) is 0 Å². The van der Waals surface area contributed by atoms with Crippen LogP contribution >= 0.6 is 11.3 Å². The monoisotopic (exact) mass is 232 g/mol. The number of hydrogen-bond acceptors (Lipinski definition) is 7. The van der Waals surface area contributed by atoms with Gasteiger partial charge in [-0.05, 0) is 0 Å². The zero-order valence-corrected chi connectivity index (χ0v) is 8.90. The van der Waals surface area contributed by atoms with E-state index in [1.807, 2.05) is 0 Å². The Morgan fingerprint density at radius 1 is 1.73 bits per heavy atom. The molecule has 1 heterocycles. The number of aromatic nitrogens is 1. The van der Waals surface area contributed by atoms with Crippen LogP contribution < -0.4 is 5.73 Å². The van der Waals surface area contributed by atoms with Crippen molar-refractivity contribution in [3.63, 3.8) is 0 Å². The average molecular weight is 232 g/mol. The summed E-state index contributed by atoms with van der Waals surface area (Å²) in [6.07, 6.45) is -2.25. The molecule has 6 nitrogen and oxygen atoms in total. The van der Waals surface area contributed by atoms with Gasteiger partial charge in [0.15, 0.2) is 5.69 Å². The lowest BCUT2D eigenvalue weighted by atomic mass is 10.2. The van der Waals surface area contributed by atoms with Crippen molar-refractivity contribution in [3.05, 3.63) is 16.1 Å². The molecular weight excluding hydrogens is 220 g/mol. The van der Waals surface area contributed by atoms with Crippen LogP contribution in [0.25, 0.3) is 0 Å². The maximum atomic E-state index is 11.0. The van der Waals surface area contributed by atoms with Gasteiger partial charge in [-0.2, -0.15) is 0 Å². The van der Waals surface area contributed by atoms with Gasteiger partial charge < -0.3 is 20.7 Å². The summed E-state index contributed by atoms with van der Waals surface area (Å²) in [7, 11) is 1.24. The Hall–Kier alpha value is -1.02. The second kappa shape index (κ2) is 5.17. The maximum Gasteiger partial charge on any atom is 0.357 e. The molecule has 0 aliphatic heterocycles. The van der Waals surface area contributed by atoms with Crippen LogP contribution in [0.5, 0.6) is 0 Å². The molecule has 84 valence electrons. The molecule has 1 rings (SSSR count). The molecule has 1 aromatic rings. The Labute approximate surface area is 90.3 Å². The molecule has 0 radical (unpaired) electrons. The highest BCUT2D eigenvalue weighted by atomic mass is 32.1. The fraction of sp³-hybridized carbons (Fsp3) is 0.500. The van der Waals surface area contributed by atoms with Crippen LogP contribution in [0.1, 0.15) is 21.6 Å². The first-order chi connectivity index (χ1) is 7.10. The highest BCUT2D eigenvalue weighted by Crippen LogP contribution is 2.21. The van der Waals surface area contributed by atoms with Crippen molar-refractivity contribution in [1.82, 2.24) is 4.98 Å². The van der Waals surface area contributed by atoms with E-state index in [-0.39, 0.29) is 17.2 Å². The summed E-state index contributed by atoms with van der Waals surface area (Å²) in [6, 6.07) is 0. The number of rotatable bonds is 4. The molecule has 4 N–H and O–H groups in total. The predicted octanol–water partition coefficient (Wildman–Crippen LogP) is -0.717. The van der Waals surface area contributed by atoms with E-state index < -0.39 is 18.2 Å². The Balaban J connectivity index is 2.79. The zero-order chi connectivity index (χ0) is 11.4. The van der Waals surface area contributed by atoms with Gasteiger partial charge in [0.25, 0.3) is 0 Å². The number of esters is 1. The zero-order valence-electron chi connectivity index (χ0n) is 8.08. The average Bonchev–Trinajstić information content (AvgIpc) is 2.75. The van der Waals surface area contributed by atoms with Gasteiger partial charge in [0.2, 0.25) is 0 Å². The third kappa shape index (κ3) is 2.72. The highest BCUT2D eigenvalue weighted by Gasteiger charge is 2.21. The van der Waals surface area contributed by atoms with Crippen LogP contribution in [0.2, 0.25) is 0 Å². The van der Waals surface area contributed by atoms with Crippen molar-refractivity contribution in [2.75, 3.05) is 13.7 Å². The van der Waals surface area contributed by atoms with Crippen LogP contribution in [0.3, 0.4) is 0 Å². The summed E-state index contributed by atoms with van der Waals surface area (Å²) in [4.78, 5) is 14.9. The van der Waals surface area contributed by atoms with Crippen LogP contribution in [-0.4, -0.2) is 40.9 Å². The Morgan fingerprint density at radius 3 is 2.93 bits per heavy atom. The summed E-state index contributed by atoms with van der Waals surface area (Å²) in [5.41, 5.74) is 5.29. The quantitative estimate of drug-likeness (QED) is 0.592. The SMILES string of the molecule is COC(=O)c1csc(C(O)C(O)CN)n1. The number of thiazole rings is 1. The van der Waals surface area contributed by atoms with E-state index in [1.165, 1.54) is 12.5 Å². The summed E-state index contributed by atoms with van der Waals surface area (Å²) in [5.74, 6) is -0.577. The smallest absolute Gasteiger partial charge is 0.357 e. The fourth-order valence-corrected chi connectivity index (χ4v) is 1.74. The van der Waals surface area contributed by atoms with E-state index >= 15 is 0 Å². The number of ether oxygens (including phenoxy) is 1. The van der Waals surface area contributed by atoms with Crippen LogP contribution in [0.4, 0.5) is 0 Å². The first kappa shape index (κ1) is 12.1. The molecule has 0 spiro atoms. The maximum absolute atomic E-state index is 11.0. The van der Waals surface area contributed by atoms with Gasteiger partial charge in [0.05, 0.1) is 13.2 Å². The van der Waals surface area contributed by atoms with Crippen LogP contribution in [0.15, 0.2) is 5.38 Å². The van der Waals surface area contributed by atoms with Gasteiger partial charge in [-0.1, -0.05) is 0 Å². The van der Waals surface area contributed by atoms with Gasteiger partial charge in [0.1, 0.15) is 11.1 Å². The van der Waals surface area contributed by atoms with Crippen LogP contribution in [-0.2, 0) is 4.74 Å². The Bertz CT molecular complexity index is 341. The normalized spacial score (nSPS) is 14.7. The Kier molecular flexibility index (Phi) is 4.15. The topological polar surface area (TPSA) is 106 Å². The summed E-state index contributed by atoms with van der Waals surface area (Å²) in [6.45, 7) is -0.0751. The number of hydrogen-bond donors (Lipinski definition) is 3. The van der Waals surface area contributed by atoms with Crippen molar-refractivity contribution in [1.29, 1.82) is 0 Å². The first-order valence-corrected chi connectivity index (χ1v) is 5.08. The van der Waals surface area contributed by atoms with E-state index in [1.54, 1.807) is 0 Å². The van der Waals surface area contributed by atoms with Crippen molar-refractivity contribution in [2.45, 2.75) is 12.2 Å². The van der Waals surface area contributed by atoms with E-state index in [0.717, 1.165) is 11.3 Å². The highest BCUT2D eigenvalue weighted by molar-refractivity contribution is 7.09. The summed E-state index contributed by atoms with van der Waals surface area (Å²) >= 11 is 1.07. The van der Waals surface area contributed by atoms with Gasteiger partial charge in [-0.15, -0.1) is 11.3 Å². The van der Waals surface area contributed by atoms with Gasteiger partial charge in [-0.25, -0.2) is 9.78 Å². The lowest BCUT2D eigenvalue weighted by Gasteiger charge is -2.12. The number of carbonyl (C=O) groups excluding carboxylic acids is 1. The molecule has 0 saturated carbocycles. The number of methoxy groups -OCH3 is 1. The molecule has 0 saturated heterocycles. The van der Waals surface area contributed by atoms with Crippen molar-refractivity contribution >= 4 is 17.3 Å². The molecule has 2 unspecified atom stereocenters. The number of aliphatic hydroxyl groups is 2. The molecule has 1 aromatic heterocycles. The predicted molar refractivity (Wildman–Crippen MR) is 53.5 cm³/mol. The first-order valence-electron chi connectivity index (χ1n) is 4.20.